The summed E-state index contributed by atoms with van der Waals surface area (Å²) in [5.41, 5.74) is 0. The van der Waals surface area contributed by atoms with Gasteiger partial charge in [0.15, 0.2) is 12.2 Å². The van der Waals surface area contributed by atoms with Crippen molar-refractivity contribution in [3.8, 4) is 0 Å². The number of allylic oxidation sites excluding steroid dienone is 24. The third kappa shape index (κ3) is 75.2. The quantitative estimate of drug-likeness (QED) is 0.0169. The van der Waals surface area contributed by atoms with Crippen LogP contribution in [0.25, 0.3) is 0 Å². The highest BCUT2D eigenvalue weighted by molar-refractivity contribution is 7.47. The Morgan fingerprint density at radius 3 is 0.721 bits per heavy atom. The smallest absolute Gasteiger partial charge is 0.462 e. The van der Waals surface area contributed by atoms with Crippen LogP contribution in [0.3, 0.4) is 0 Å². The molecule has 19 heteroatoms. The van der Waals surface area contributed by atoms with E-state index < -0.39 is 97.5 Å². The monoisotopic (exact) mass is 1500 g/mol. The lowest BCUT2D eigenvalue weighted by molar-refractivity contribution is -0.161. The van der Waals surface area contributed by atoms with Gasteiger partial charge in [0.1, 0.15) is 19.3 Å². The Bertz CT molecular complexity index is 2370. The second-order valence-electron chi connectivity index (χ2n) is 26.2. The Hall–Kier alpha value is -5.06. The molecule has 0 bridgehead atoms. The van der Waals surface area contributed by atoms with Crippen molar-refractivity contribution in [2.75, 3.05) is 39.6 Å². The van der Waals surface area contributed by atoms with Crippen molar-refractivity contribution in [3.05, 3.63) is 146 Å². The molecule has 0 amide bonds. The molecule has 0 saturated heterocycles. The number of carbonyl (C=O) groups is 4. The number of unbranched alkanes of at least 4 members (excludes halogenated alkanes) is 24. The number of esters is 4. The van der Waals surface area contributed by atoms with Gasteiger partial charge >= 0.3 is 39.5 Å². The highest BCUT2D eigenvalue weighted by atomic mass is 31.2. The van der Waals surface area contributed by atoms with Gasteiger partial charge in [0, 0.05) is 25.7 Å². The van der Waals surface area contributed by atoms with Gasteiger partial charge in [-0.25, -0.2) is 9.13 Å². The van der Waals surface area contributed by atoms with Crippen LogP contribution in [0.5, 0.6) is 0 Å². The zero-order chi connectivity index (χ0) is 76.0. The van der Waals surface area contributed by atoms with Crippen LogP contribution in [0.15, 0.2) is 146 Å². The number of aliphatic hydroxyl groups is 1. The van der Waals surface area contributed by atoms with Crippen molar-refractivity contribution < 1.29 is 80.2 Å². The molecule has 0 radical (unpaired) electrons. The van der Waals surface area contributed by atoms with Gasteiger partial charge in [-0.2, -0.15) is 0 Å². The summed E-state index contributed by atoms with van der Waals surface area (Å²) < 4.78 is 68.6. The lowest BCUT2D eigenvalue weighted by Gasteiger charge is -2.21. The maximum Gasteiger partial charge on any atom is 0.472 e. The fraction of sp³-hybridized carbons (Fsp3) is 0.671. The number of carbonyl (C=O) groups excluding carboxylic acids is 4. The summed E-state index contributed by atoms with van der Waals surface area (Å²) in [4.78, 5) is 73.1. The number of phosphoric acid groups is 2. The normalized spacial score (nSPS) is 14.6. The van der Waals surface area contributed by atoms with Crippen molar-refractivity contribution >= 4 is 39.5 Å². The number of hydrogen-bond acceptors (Lipinski definition) is 15. The molecule has 4 unspecified atom stereocenters. The molecule has 0 heterocycles. The molecule has 3 N–H and O–H groups in total. The molecule has 0 aromatic heterocycles. The van der Waals surface area contributed by atoms with Crippen LogP contribution in [-0.4, -0.2) is 96.7 Å². The summed E-state index contributed by atoms with van der Waals surface area (Å²) in [5, 5.41) is 10.6. The van der Waals surface area contributed by atoms with Crippen molar-refractivity contribution in [2.45, 2.75) is 329 Å². The molecule has 0 aromatic carbocycles. The molecule has 0 aliphatic carbocycles. The predicted molar refractivity (Wildman–Crippen MR) is 427 cm³/mol. The molecular formula is C85H142O17P2. The molecule has 0 aliphatic rings. The third-order valence-corrected chi connectivity index (χ3v) is 18.2. The summed E-state index contributed by atoms with van der Waals surface area (Å²) in [5.74, 6) is -2.23. The second-order valence-corrected chi connectivity index (χ2v) is 29.1. The van der Waals surface area contributed by atoms with E-state index in [0.717, 1.165) is 231 Å². The van der Waals surface area contributed by atoms with Crippen LogP contribution in [0.1, 0.15) is 310 Å². The number of phosphoric ester groups is 2. The first-order chi connectivity index (χ1) is 50.7. The Labute approximate surface area is 630 Å². The largest absolute Gasteiger partial charge is 0.472 e. The molecule has 0 spiro atoms. The van der Waals surface area contributed by atoms with Crippen molar-refractivity contribution in [1.82, 2.24) is 0 Å². The predicted octanol–water partition coefficient (Wildman–Crippen LogP) is 23.4. The fourth-order valence-corrected chi connectivity index (χ4v) is 11.9. The minimum Gasteiger partial charge on any atom is -0.462 e. The minimum absolute atomic E-state index is 0.0692. The maximum absolute atomic E-state index is 13.1. The van der Waals surface area contributed by atoms with E-state index in [1.54, 1.807) is 0 Å². The number of hydrogen-bond donors (Lipinski definition) is 3. The molecule has 0 aliphatic heterocycles. The number of ether oxygens (including phenoxy) is 4. The SMILES string of the molecule is CC/C=C\C/C=C\C/C=C\CCCCCCCCCC(=O)OCC(COP(=O)(O)OCC(O)COP(=O)(O)OCC(COC(=O)CCCCCCCCC/C=C\C/C=C\C/C=C\CC)OC(=O)CCCCCCC/C=C\C/C=C\C/C=C\CC)OC(=O)CCCCCCC/C=C\C/C=C\C/C=C\CC. The van der Waals surface area contributed by atoms with E-state index in [1.807, 2.05) is 0 Å². The molecule has 17 nitrogen and oxygen atoms in total. The van der Waals surface area contributed by atoms with E-state index in [1.165, 1.54) is 0 Å². The highest BCUT2D eigenvalue weighted by Crippen LogP contribution is 2.45. The Balaban J connectivity index is 5.40. The Morgan fingerprint density at radius 1 is 0.269 bits per heavy atom. The van der Waals surface area contributed by atoms with Crippen LogP contribution in [0, 0.1) is 0 Å². The van der Waals surface area contributed by atoms with Gasteiger partial charge < -0.3 is 33.8 Å². The van der Waals surface area contributed by atoms with E-state index in [0.29, 0.717) is 25.7 Å². The standard InChI is InChI=1S/C85H142O17P2/c1-5-9-13-17-21-25-29-33-37-39-43-45-49-53-57-61-65-69-82(87)95-75-80(101-84(89)71-67-63-59-55-51-47-41-35-31-27-23-19-15-11-7-3)77-99-103(91,92)97-73-79(86)74-98-104(93,94)100-78-81(102-85(90)72-68-64-60-56-52-48-42-36-32-28-24-20-16-12-8-4)76-96-83(88)70-66-62-58-54-50-46-44-40-38-34-30-26-22-18-14-10-6-2/h9-16,21-28,33-38,41-42,79-81,86H,5-8,17-20,29-32,39-40,43-78H2,1-4H3,(H,91,92)(H,93,94)/b13-9-,14-10-,15-11-,16-12-,25-21-,26-22-,27-23-,28-24-,37-33-,38-34-,41-35-,42-36-. The van der Waals surface area contributed by atoms with E-state index in [2.05, 4.69) is 174 Å². The minimum atomic E-state index is -4.99. The lowest BCUT2D eigenvalue weighted by atomic mass is 10.1. The zero-order valence-electron chi connectivity index (χ0n) is 64.9. The van der Waals surface area contributed by atoms with Gasteiger partial charge in [0.2, 0.25) is 0 Å². The zero-order valence-corrected chi connectivity index (χ0v) is 66.7. The first-order valence-electron chi connectivity index (χ1n) is 40.1. The average molecular weight is 1500 g/mol. The van der Waals surface area contributed by atoms with Crippen LogP contribution >= 0.6 is 15.6 Å². The molecule has 104 heavy (non-hydrogen) atoms. The Kier molecular flexibility index (Phi) is 72.4. The Morgan fingerprint density at radius 2 is 0.471 bits per heavy atom. The maximum atomic E-state index is 13.1. The van der Waals surface area contributed by atoms with Gasteiger partial charge in [-0.05, 0) is 154 Å². The van der Waals surface area contributed by atoms with Crippen molar-refractivity contribution in [1.29, 1.82) is 0 Å². The molecule has 0 fully saturated rings. The second kappa shape index (κ2) is 76.1. The van der Waals surface area contributed by atoms with Crippen molar-refractivity contribution in [2.24, 2.45) is 0 Å². The summed E-state index contributed by atoms with van der Waals surface area (Å²) in [6, 6.07) is 0. The van der Waals surface area contributed by atoms with E-state index in [9.17, 15) is 43.2 Å². The van der Waals surface area contributed by atoms with Crippen LogP contribution in [0.4, 0.5) is 0 Å². The molecule has 0 rings (SSSR count). The van der Waals surface area contributed by atoms with Crippen LogP contribution < -0.4 is 0 Å². The highest BCUT2D eigenvalue weighted by Gasteiger charge is 2.30. The summed E-state index contributed by atoms with van der Waals surface area (Å²) in [7, 11) is -9.98. The van der Waals surface area contributed by atoms with Gasteiger partial charge in [0.25, 0.3) is 0 Å². The van der Waals surface area contributed by atoms with Gasteiger partial charge in [0.05, 0.1) is 26.4 Å². The summed E-state index contributed by atoms with van der Waals surface area (Å²) in [6.45, 7) is 4.38. The summed E-state index contributed by atoms with van der Waals surface area (Å²) in [6.07, 6.45) is 86.7. The van der Waals surface area contributed by atoms with E-state index in [4.69, 9.17) is 37.0 Å². The third-order valence-electron chi connectivity index (χ3n) is 16.3. The number of rotatable bonds is 74. The van der Waals surface area contributed by atoms with Crippen LogP contribution in [0.2, 0.25) is 0 Å². The first-order valence-corrected chi connectivity index (χ1v) is 43.1. The van der Waals surface area contributed by atoms with E-state index >= 15 is 0 Å². The van der Waals surface area contributed by atoms with Gasteiger partial charge in [-0.3, -0.25) is 37.3 Å². The molecule has 4 atom stereocenters. The van der Waals surface area contributed by atoms with E-state index in [-0.39, 0.29) is 25.7 Å². The average Bonchev–Trinajstić information content (AvgIpc) is 0.937. The lowest BCUT2D eigenvalue weighted by Crippen LogP contribution is -2.30. The van der Waals surface area contributed by atoms with Gasteiger partial charge in [-0.15, -0.1) is 0 Å². The summed E-state index contributed by atoms with van der Waals surface area (Å²) >= 11 is 0. The van der Waals surface area contributed by atoms with Crippen molar-refractivity contribution in [3.63, 3.8) is 0 Å². The fourth-order valence-electron chi connectivity index (χ4n) is 10.3. The van der Waals surface area contributed by atoms with Crippen LogP contribution in [-0.2, 0) is 65.4 Å². The molecule has 0 saturated carbocycles. The molecule has 594 valence electrons. The van der Waals surface area contributed by atoms with Gasteiger partial charge in [-0.1, -0.05) is 276 Å². The number of aliphatic hydroxyl groups excluding tert-OH is 1. The topological polar surface area (TPSA) is 237 Å². The molecule has 0 aromatic rings. The first kappa shape index (κ1) is 98.9. The molecular weight excluding hydrogens is 1350 g/mol.